The first-order valence-corrected chi connectivity index (χ1v) is 13.3. The topological polar surface area (TPSA) is 105 Å². The molecule has 4 rings (SSSR count). The number of hydrogen-bond acceptors (Lipinski definition) is 8. The molecule has 36 heavy (non-hydrogen) atoms. The van der Waals surface area contributed by atoms with Gasteiger partial charge in [0.15, 0.2) is 15.7 Å². The van der Waals surface area contributed by atoms with Gasteiger partial charge in [-0.2, -0.15) is 4.98 Å². The molecule has 11 heteroatoms. The lowest BCUT2D eigenvalue weighted by Gasteiger charge is -2.34. The van der Waals surface area contributed by atoms with E-state index in [9.17, 15) is 8.42 Å². The maximum Gasteiger partial charge on any atom is 0.229 e. The molecule has 0 fully saturated rings. The van der Waals surface area contributed by atoms with Crippen LogP contribution < -0.4 is 20.7 Å². The van der Waals surface area contributed by atoms with E-state index < -0.39 is 15.1 Å². The lowest BCUT2D eigenvalue weighted by molar-refractivity contribution is 0.374. The van der Waals surface area contributed by atoms with Gasteiger partial charge in [-0.1, -0.05) is 23.7 Å². The van der Waals surface area contributed by atoms with Gasteiger partial charge >= 0.3 is 0 Å². The molecule has 3 aromatic rings. The second-order valence-corrected chi connectivity index (χ2v) is 12.1. The molecule has 0 saturated carbocycles. The van der Waals surface area contributed by atoms with Gasteiger partial charge in [0.05, 0.1) is 34.8 Å². The summed E-state index contributed by atoms with van der Waals surface area (Å²) in [6.07, 6.45) is 2.36. The highest BCUT2D eigenvalue weighted by Gasteiger charge is 2.28. The van der Waals surface area contributed by atoms with Gasteiger partial charge in [0.25, 0.3) is 0 Å². The molecule has 1 aliphatic heterocycles. The third-order valence-corrected chi connectivity index (χ3v) is 8.60. The largest absolute Gasteiger partial charge is 0.495 e. The molecular formula is C25H31Cl2N5O3S. The van der Waals surface area contributed by atoms with Crippen LogP contribution in [0.25, 0.3) is 0 Å². The molecule has 0 amide bonds. The summed E-state index contributed by atoms with van der Waals surface area (Å²) in [6, 6.07) is 10.8. The van der Waals surface area contributed by atoms with E-state index in [0.717, 1.165) is 18.7 Å². The zero-order valence-electron chi connectivity index (χ0n) is 20.8. The van der Waals surface area contributed by atoms with Crippen LogP contribution in [0, 0.1) is 0 Å². The molecule has 0 unspecified atom stereocenters. The summed E-state index contributed by atoms with van der Waals surface area (Å²) >= 11 is 6.37. The van der Waals surface area contributed by atoms with Gasteiger partial charge in [0, 0.05) is 5.54 Å². The smallest absolute Gasteiger partial charge is 0.229 e. The number of sulfone groups is 1. The first-order chi connectivity index (χ1) is 16.5. The van der Waals surface area contributed by atoms with Crippen LogP contribution in [0.5, 0.6) is 5.75 Å². The second-order valence-electron chi connectivity index (χ2n) is 9.24. The lowest BCUT2D eigenvalue weighted by Crippen LogP contribution is -2.42. The lowest BCUT2D eigenvalue weighted by atomic mass is 9.85. The predicted octanol–water partition coefficient (Wildman–Crippen LogP) is 5.61. The number of para-hydroxylation sites is 1. The number of nitrogens with zero attached hydrogens (tertiary/aromatic N) is 2. The van der Waals surface area contributed by atoms with E-state index in [-0.39, 0.29) is 33.7 Å². The molecule has 1 aromatic heterocycles. The van der Waals surface area contributed by atoms with E-state index in [1.165, 1.54) is 17.3 Å². The average molecular weight is 553 g/mol. The standard InChI is InChI=1S/C25H30ClN5O3S.ClH/c1-15(2)35(32,33)22-9-7-6-8-19(22)29-23-18(26)14-27-24(31-23)30-20-12-16-10-11-28-25(3,4)17(16)13-21(20)34-5;/h6-9,12-15,28H,10-11H2,1-5H3,(H2,27,29,30,31);1H. The zero-order chi connectivity index (χ0) is 25.4. The molecule has 0 radical (unpaired) electrons. The van der Waals surface area contributed by atoms with Crippen molar-refractivity contribution in [1.29, 1.82) is 0 Å². The minimum absolute atomic E-state index is 0. The summed E-state index contributed by atoms with van der Waals surface area (Å²) in [4.78, 5) is 9.02. The number of methoxy groups -OCH3 is 1. The van der Waals surface area contributed by atoms with Crippen molar-refractivity contribution in [3.05, 3.63) is 58.7 Å². The van der Waals surface area contributed by atoms with Crippen LogP contribution in [0.4, 0.5) is 23.1 Å². The van der Waals surface area contributed by atoms with Crippen molar-refractivity contribution < 1.29 is 13.2 Å². The summed E-state index contributed by atoms with van der Waals surface area (Å²) in [7, 11) is -1.89. The summed E-state index contributed by atoms with van der Waals surface area (Å²) in [6.45, 7) is 8.48. The first kappa shape index (κ1) is 28.0. The van der Waals surface area contributed by atoms with E-state index >= 15 is 0 Å². The van der Waals surface area contributed by atoms with Crippen LogP contribution in [0.2, 0.25) is 5.02 Å². The fraction of sp³-hybridized carbons (Fsp3) is 0.360. The van der Waals surface area contributed by atoms with Crippen LogP contribution in [-0.2, 0) is 21.8 Å². The number of rotatable bonds is 7. The molecule has 8 nitrogen and oxygen atoms in total. The number of ether oxygens (including phenoxy) is 1. The summed E-state index contributed by atoms with van der Waals surface area (Å²) in [5.41, 5.74) is 3.39. The Bertz CT molecular complexity index is 1360. The Morgan fingerprint density at radius 2 is 1.86 bits per heavy atom. The van der Waals surface area contributed by atoms with Crippen molar-refractivity contribution in [3.8, 4) is 5.75 Å². The number of benzene rings is 2. The van der Waals surface area contributed by atoms with E-state index in [1.54, 1.807) is 45.2 Å². The van der Waals surface area contributed by atoms with Crippen LogP contribution in [0.3, 0.4) is 0 Å². The van der Waals surface area contributed by atoms with Crippen LogP contribution in [-0.4, -0.2) is 37.3 Å². The van der Waals surface area contributed by atoms with Gasteiger partial charge < -0.3 is 20.7 Å². The molecule has 1 aliphatic rings. The molecule has 0 aliphatic carbocycles. The van der Waals surface area contributed by atoms with Gasteiger partial charge in [-0.25, -0.2) is 13.4 Å². The van der Waals surface area contributed by atoms with Gasteiger partial charge in [0.1, 0.15) is 10.8 Å². The molecule has 194 valence electrons. The van der Waals surface area contributed by atoms with Gasteiger partial charge in [-0.15, -0.1) is 12.4 Å². The molecule has 2 heterocycles. The summed E-state index contributed by atoms with van der Waals surface area (Å²) in [5, 5.41) is 9.53. The Balaban J connectivity index is 0.00000361. The number of fused-ring (bicyclic) bond motifs is 1. The van der Waals surface area contributed by atoms with E-state index in [0.29, 0.717) is 17.4 Å². The molecular weight excluding hydrogens is 521 g/mol. The third kappa shape index (κ3) is 5.54. The Labute approximate surface area is 223 Å². The number of hydrogen-bond donors (Lipinski definition) is 3. The van der Waals surface area contributed by atoms with Crippen molar-refractivity contribution >= 4 is 57.0 Å². The van der Waals surface area contributed by atoms with E-state index in [4.69, 9.17) is 16.3 Å². The highest BCUT2D eigenvalue weighted by Crippen LogP contribution is 2.37. The Morgan fingerprint density at radius 3 is 2.56 bits per heavy atom. The predicted molar refractivity (Wildman–Crippen MR) is 147 cm³/mol. The summed E-state index contributed by atoms with van der Waals surface area (Å²) < 4.78 is 31.3. The average Bonchev–Trinajstić information content (AvgIpc) is 2.81. The Hall–Kier alpha value is -2.59. The van der Waals surface area contributed by atoms with Crippen LogP contribution >= 0.6 is 24.0 Å². The SMILES string of the molecule is COc1cc2c(cc1Nc1ncc(Cl)c(Nc3ccccc3S(=O)(=O)C(C)C)n1)CCNC2(C)C.Cl. The molecule has 3 N–H and O–H groups in total. The monoisotopic (exact) mass is 551 g/mol. The van der Waals surface area contributed by atoms with Crippen LogP contribution in [0.1, 0.15) is 38.8 Å². The Kier molecular flexibility index (Phi) is 8.40. The molecule has 0 bridgehead atoms. The van der Waals surface area contributed by atoms with E-state index in [2.05, 4.69) is 45.8 Å². The number of nitrogens with one attached hydrogen (secondary N) is 3. The van der Waals surface area contributed by atoms with Gasteiger partial charge in [0.2, 0.25) is 5.95 Å². The zero-order valence-corrected chi connectivity index (χ0v) is 23.2. The summed E-state index contributed by atoms with van der Waals surface area (Å²) in [5.74, 6) is 1.26. The van der Waals surface area contributed by atoms with Crippen molar-refractivity contribution in [3.63, 3.8) is 0 Å². The second kappa shape index (κ2) is 10.8. The fourth-order valence-electron chi connectivity index (χ4n) is 4.12. The third-order valence-electron chi connectivity index (χ3n) is 6.12. The van der Waals surface area contributed by atoms with Gasteiger partial charge in [-0.3, -0.25) is 0 Å². The maximum atomic E-state index is 12.8. The minimum Gasteiger partial charge on any atom is -0.495 e. The molecule has 0 saturated heterocycles. The number of aromatic nitrogens is 2. The first-order valence-electron chi connectivity index (χ1n) is 11.4. The highest BCUT2D eigenvalue weighted by atomic mass is 35.5. The Morgan fingerprint density at radius 1 is 1.14 bits per heavy atom. The normalized spacial score (nSPS) is 14.5. The number of anilines is 4. The van der Waals surface area contributed by atoms with Crippen molar-refractivity contribution in [1.82, 2.24) is 15.3 Å². The fourth-order valence-corrected chi connectivity index (χ4v) is 5.46. The van der Waals surface area contributed by atoms with Gasteiger partial charge in [-0.05, 0) is 76.1 Å². The van der Waals surface area contributed by atoms with Crippen molar-refractivity contribution in [2.75, 3.05) is 24.3 Å². The van der Waals surface area contributed by atoms with Crippen LogP contribution in [0.15, 0.2) is 47.5 Å². The number of halogens is 2. The van der Waals surface area contributed by atoms with Crippen molar-refractivity contribution in [2.24, 2.45) is 0 Å². The highest BCUT2D eigenvalue weighted by molar-refractivity contribution is 7.92. The van der Waals surface area contributed by atoms with E-state index in [1.807, 2.05) is 6.07 Å². The molecule has 0 spiro atoms. The van der Waals surface area contributed by atoms with Crippen molar-refractivity contribution in [2.45, 2.75) is 49.8 Å². The molecule has 2 aromatic carbocycles. The quantitative estimate of drug-likeness (QED) is 0.348. The maximum absolute atomic E-state index is 12.8. The molecule has 0 atom stereocenters. The minimum atomic E-state index is -3.51.